The average molecular weight is 471 g/mol. The molecule has 0 radical (unpaired) electrons. The van der Waals surface area contributed by atoms with Crippen LogP contribution in [0, 0.1) is 3.80 Å². The molecule has 0 atom stereocenters. The van der Waals surface area contributed by atoms with Crippen LogP contribution in [-0.2, 0) is 26.4 Å². The quantitative estimate of drug-likeness (QED) is 0.596. The van der Waals surface area contributed by atoms with Crippen molar-refractivity contribution in [3.05, 3.63) is 22.8 Å². The minimum atomic E-state index is 0.419. The number of hydrogen-bond acceptors (Lipinski definition) is 1. The molecule has 1 aliphatic rings. The molecular weight excluding hydrogens is 452 g/mol. The summed E-state index contributed by atoms with van der Waals surface area (Å²) in [5.41, 5.74) is 0. The van der Waals surface area contributed by atoms with Gasteiger partial charge in [0.2, 0.25) is 0 Å². The van der Waals surface area contributed by atoms with Gasteiger partial charge in [0, 0.05) is 6.04 Å². The topological polar surface area (TPSA) is 13.1 Å². The van der Waals surface area contributed by atoms with Crippen molar-refractivity contribution in [3.63, 3.8) is 0 Å². The molecule has 2 rings (SSSR count). The summed E-state index contributed by atoms with van der Waals surface area (Å²) in [6, 6.07) is 0.419. The van der Waals surface area contributed by atoms with Gasteiger partial charge in [-0.05, 0) is 36.4 Å². The van der Waals surface area contributed by atoms with E-state index >= 15 is 0 Å². The van der Waals surface area contributed by atoms with Crippen LogP contribution in [0.1, 0.15) is 32.1 Å². The van der Waals surface area contributed by atoms with Crippen LogP contribution in [0.2, 0.25) is 0 Å². The first kappa shape index (κ1) is 16.2. The van der Waals surface area contributed by atoms with E-state index in [2.05, 4.69) is 25.9 Å². The van der Waals surface area contributed by atoms with E-state index < -0.39 is 0 Å². The standard InChI is InChI=1S/C6H11Cl2N.C6H8N2.Pt/c7-9(8)6-4-2-1-3-5-6;1-3-8-5-4-7(2)6-8;/h6H,1-5H2;3-5H,1H2,2H3;. The normalized spacial score (nSPS) is 16.3. The number of aryl methyl sites for hydroxylation is 1. The summed E-state index contributed by atoms with van der Waals surface area (Å²) in [6.07, 6.45) is 12.0. The molecule has 1 aliphatic carbocycles. The zero-order valence-electron chi connectivity index (χ0n) is 10.5. The van der Waals surface area contributed by atoms with Crippen molar-refractivity contribution in [1.82, 2.24) is 13.1 Å². The SMILES string of the molecule is C=Cn1ccn(C)[c]1=[Pt].ClN(Cl)C1CCCCC1. The smallest absolute Gasteiger partial charge is 0.0416 e. The van der Waals surface area contributed by atoms with Crippen molar-refractivity contribution < 1.29 is 19.4 Å². The Balaban J connectivity index is 0.000000180. The molecule has 1 fully saturated rings. The number of nitrogens with zero attached hydrogens (tertiary/aromatic N) is 3. The predicted octanol–water partition coefficient (Wildman–Crippen LogP) is 3.93. The minimum absolute atomic E-state index is 0.419. The Morgan fingerprint density at radius 2 is 1.94 bits per heavy atom. The van der Waals surface area contributed by atoms with Gasteiger partial charge >= 0.3 is 64.5 Å². The second-order valence-electron chi connectivity index (χ2n) is 4.29. The first-order chi connectivity index (χ1) is 8.56. The summed E-state index contributed by atoms with van der Waals surface area (Å²) in [4.78, 5) is 0. The van der Waals surface area contributed by atoms with Gasteiger partial charge in [-0.2, -0.15) is 0 Å². The van der Waals surface area contributed by atoms with Crippen LogP contribution in [0.25, 0.3) is 6.20 Å². The molecule has 1 heterocycles. The molecule has 106 valence electrons. The van der Waals surface area contributed by atoms with E-state index in [1.54, 1.807) is 6.20 Å². The van der Waals surface area contributed by atoms with E-state index in [-0.39, 0.29) is 0 Å². The van der Waals surface area contributed by atoms with Gasteiger partial charge in [-0.15, -0.1) is 3.94 Å². The van der Waals surface area contributed by atoms with Gasteiger partial charge in [-0.1, -0.05) is 19.3 Å². The third kappa shape index (κ3) is 5.05. The molecule has 3 nitrogen and oxygen atoms in total. The molecule has 0 spiro atoms. The molecule has 0 saturated heterocycles. The van der Waals surface area contributed by atoms with Gasteiger partial charge in [0.1, 0.15) is 0 Å². The third-order valence-corrected chi connectivity index (χ3v) is 4.90. The minimum Gasteiger partial charge on any atom is -0.129 e. The van der Waals surface area contributed by atoms with Crippen molar-refractivity contribution in [1.29, 1.82) is 0 Å². The Labute approximate surface area is 130 Å². The van der Waals surface area contributed by atoms with Crippen molar-refractivity contribution in [2.75, 3.05) is 0 Å². The summed E-state index contributed by atoms with van der Waals surface area (Å²) >= 11 is 13.3. The molecule has 0 amide bonds. The van der Waals surface area contributed by atoms with Crippen LogP contribution < -0.4 is 0 Å². The van der Waals surface area contributed by atoms with E-state index in [9.17, 15) is 0 Å². The fourth-order valence-electron chi connectivity index (χ4n) is 1.87. The molecule has 0 unspecified atom stereocenters. The number of halogens is 2. The van der Waals surface area contributed by atoms with Crippen LogP contribution in [0.4, 0.5) is 0 Å². The zero-order chi connectivity index (χ0) is 13.5. The fraction of sp³-hybridized carbons (Fsp3) is 0.583. The van der Waals surface area contributed by atoms with E-state index in [1.165, 1.54) is 23.2 Å². The molecule has 1 aromatic rings. The Kier molecular flexibility index (Phi) is 7.55. The Morgan fingerprint density at radius 3 is 2.22 bits per heavy atom. The number of hydrogen-bond donors (Lipinski definition) is 0. The van der Waals surface area contributed by atoms with Gasteiger partial charge in [-0.25, -0.2) is 0 Å². The van der Waals surface area contributed by atoms with Crippen LogP contribution in [0.3, 0.4) is 0 Å². The first-order valence-electron chi connectivity index (χ1n) is 5.98. The summed E-state index contributed by atoms with van der Waals surface area (Å²) in [5.74, 6) is 0. The van der Waals surface area contributed by atoms with Gasteiger partial charge in [0.05, 0.1) is 0 Å². The molecule has 1 aromatic heterocycles. The van der Waals surface area contributed by atoms with Crippen molar-refractivity contribution in [2.24, 2.45) is 7.05 Å². The van der Waals surface area contributed by atoms with Gasteiger partial charge in [0.25, 0.3) is 0 Å². The fourth-order valence-corrected chi connectivity index (χ4v) is 2.81. The molecule has 1 saturated carbocycles. The molecule has 0 aromatic carbocycles. The summed E-state index contributed by atoms with van der Waals surface area (Å²) in [6.45, 7) is 3.65. The van der Waals surface area contributed by atoms with Crippen molar-refractivity contribution in [3.8, 4) is 0 Å². The Morgan fingerprint density at radius 1 is 1.33 bits per heavy atom. The summed E-state index contributed by atoms with van der Waals surface area (Å²) in [5, 5.41) is 0. The molecule has 18 heavy (non-hydrogen) atoms. The van der Waals surface area contributed by atoms with Crippen molar-refractivity contribution >= 4 is 29.8 Å². The molecule has 0 aliphatic heterocycles. The molecule has 0 bridgehead atoms. The summed E-state index contributed by atoms with van der Waals surface area (Å²) < 4.78 is 6.45. The Hall–Kier alpha value is 0.178. The number of imidazole rings is 1. The van der Waals surface area contributed by atoms with E-state index in [1.807, 2.05) is 28.6 Å². The number of rotatable bonds is 2. The largest absolute Gasteiger partial charge is 0.129 e. The third-order valence-electron chi connectivity index (χ3n) is 2.96. The average Bonchev–Trinajstić information content (AvgIpc) is 2.71. The predicted molar refractivity (Wildman–Crippen MR) is 73.5 cm³/mol. The van der Waals surface area contributed by atoms with Gasteiger partial charge < -0.3 is 0 Å². The maximum absolute atomic E-state index is 5.56. The van der Waals surface area contributed by atoms with Gasteiger partial charge in [0.15, 0.2) is 0 Å². The zero-order valence-corrected chi connectivity index (χ0v) is 14.2. The van der Waals surface area contributed by atoms with E-state index in [0.717, 1.165) is 16.6 Å². The molecule has 6 heteroatoms. The molecular formula is C12H19Cl2N3Pt. The maximum atomic E-state index is 5.56. The second-order valence-corrected chi connectivity index (χ2v) is 6.21. The van der Waals surface area contributed by atoms with E-state index in [0.29, 0.717) is 6.04 Å². The van der Waals surface area contributed by atoms with Crippen LogP contribution in [-0.4, -0.2) is 19.1 Å². The first-order valence-corrected chi connectivity index (χ1v) is 7.79. The van der Waals surface area contributed by atoms with Crippen molar-refractivity contribution in [2.45, 2.75) is 38.1 Å². The van der Waals surface area contributed by atoms with Gasteiger partial charge in [-0.3, -0.25) is 0 Å². The maximum Gasteiger partial charge on any atom is 0.0416 e. The van der Waals surface area contributed by atoms with Crippen LogP contribution in [0.5, 0.6) is 0 Å². The Bertz CT molecular complexity index is 419. The van der Waals surface area contributed by atoms with E-state index in [4.69, 9.17) is 23.6 Å². The second kappa shape index (κ2) is 8.37. The summed E-state index contributed by atoms with van der Waals surface area (Å²) in [7, 11) is 2.00. The monoisotopic (exact) mass is 470 g/mol. The number of aromatic nitrogens is 2. The molecule has 0 N–H and O–H groups in total. The van der Waals surface area contributed by atoms with Crippen LogP contribution >= 0.6 is 23.6 Å². The van der Waals surface area contributed by atoms with Crippen LogP contribution in [0.15, 0.2) is 19.0 Å².